The van der Waals surface area contributed by atoms with Gasteiger partial charge in [0.15, 0.2) is 0 Å². The molecule has 10 heteroatoms. The van der Waals surface area contributed by atoms with Crippen molar-refractivity contribution in [3.8, 4) is 11.4 Å². The van der Waals surface area contributed by atoms with Crippen LogP contribution in [0, 0.1) is 0 Å². The number of carbonyl (C=O) groups is 1. The predicted molar refractivity (Wildman–Crippen MR) is 108 cm³/mol. The van der Waals surface area contributed by atoms with Gasteiger partial charge in [-0.1, -0.05) is 30.3 Å². The van der Waals surface area contributed by atoms with Gasteiger partial charge in [0, 0.05) is 11.5 Å². The molecule has 2 N–H and O–H groups in total. The Morgan fingerprint density at radius 3 is 2.40 bits per heavy atom. The summed E-state index contributed by atoms with van der Waals surface area (Å²) in [4.78, 5) is 13.4. The van der Waals surface area contributed by atoms with Crippen LogP contribution in [-0.4, -0.2) is 45.2 Å². The lowest BCUT2D eigenvalue weighted by molar-refractivity contribution is -0.140. The number of carboxylic acid groups (broad SMARTS) is 1. The van der Waals surface area contributed by atoms with Gasteiger partial charge in [-0.2, -0.15) is 9.52 Å². The average Bonchev–Trinajstić information content (AvgIpc) is 3.22. The summed E-state index contributed by atoms with van der Waals surface area (Å²) in [6.07, 6.45) is 0.200. The van der Waals surface area contributed by atoms with Crippen LogP contribution < -0.4 is 4.72 Å². The van der Waals surface area contributed by atoms with Crippen LogP contribution in [0.3, 0.4) is 0 Å². The van der Waals surface area contributed by atoms with E-state index in [0.29, 0.717) is 11.4 Å². The Labute approximate surface area is 173 Å². The molecular weight excluding hydrogens is 406 g/mol. The fourth-order valence-electron chi connectivity index (χ4n) is 3.38. The number of benzene rings is 2. The van der Waals surface area contributed by atoms with Crippen LogP contribution in [0.1, 0.15) is 37.8 Å². The van der Waals surface area contributed by atoms with Crippen LogP contribution in [0.2, 0.25) is 0 Å². The molecule has 1 aliphatic rings. The zero-order valence-corrected chi connectivity index (χ0v) is 17.2. The van der Waals surface area contributed by atoms with E-state index in [-0.39, 0.29) is 17.4 Å². The molecular formula is C20H21N5O4S. The molecule has 0 radical (unpaired) electrons. The van der Waals surface area contributed by atoms with E-state index in [2.05, 4.69) is 20.1 Å². The molecule has 1 aliphatic carbocycles. The Bertz CT molecular complexity index is 1180. The summed E-state index contributed by atoms with van der Waals surface area (Å²) in [5.74, 6) is -1.22. The van der Waals surface area contributed by atoms with Crippen LogP contribution in [0.4, 0.5) is 0 Å². The Morgan fingerprint density at radius 1 is 1.17 bits per heavy atom. The predicted octanol–water partition coefficient (Wildman–Crippen LogP) is 2.21. The molecule has 0 aliphatic heterocycles. The van der Waals surface area contributed by atoms with E-state index in [0.717, 1.165) is 5.56 Å². The van der Waals surface area contributed by atoms with Crippen LogP contribution in [-0.2, 0) is 14.8 Å². The number of hydrogen-bond acceptors (Lipinski definition) is 6. The van der Waals surface area contributed by atoms with Gasteiger partial charge in [0.1, 0.15) is 5.54 Å². The molecule has 3 aromatic rings. The molecule has 0 spiro atoms. The highest BCUT2D eigenvalue weighted by Gasteiger charge is 2.63. The number of tetrazole rings is 1. The van der Waals surface area contributed by atoms with Crippen LogP contribution in [0.15, 0.2) is 59.5 Å². The van der Waals surface area contributed by atoms with Crippen molar-refractivity contribution in [2.24, 2.45) is 0 Å². The molecule has 30 heavy (non-hydrogen) atoms. The van der Waals surface area contributed by atoms with Crippen LogP contribution in [0.5, 0.6) is 0 Å². The maximum atomic E-state index is 12.9. The van der Waals surface area contributed by atoms with Crippen molar-refractivity contribution in [1.82, 2.24) is 24.9 Å². The van der Waals surface area contributed by atoms with Gasteiger partial charge in [-0.05, 0) is 55.3 Å². The summed E-state index contributed by atoms with van der Waals surface area (Å²) < 4.78 is 28.2. The molecule has 2 unspecified atom stereocenters. The summed E-state index contributed by atoms with van der Waals surface area (Å²) in [5.41, 5.74) is -0.139. The van der Waals surface area contributed by atoms with Crippen molar-refractivity contribution >= 4 is 16.0 Å². The molecule has 0 amide bonds. The minimum Gasteiger partial charge on any atom is -0.480 e. The van der Waals surface area contributed by atoms with Gasteiger partial charge in [0.05, 0.1) is 10.9 Å². The molecule has 9 nitrogen and oxygen atoms in total. The first-order valence-electron chi connectivity index (χ1n) is 9.45. The van der Waals surface area contributed by atoms with E-state index in [9.17, 15) is 18.3 Å². The minimum atomic E-state index is -4.04. The minimum absolute atomic E-state index is 0.0261. The Morgan fingerprint density at radius 2 is 1.83 bits per heavy atom. The number of rotatable bonds is 7. The van der Waals surface area contributed by atoms with Gasteiger partial charge in [-0.3, -0.25) is 4.79 Å². The fourth-order valence-corrected chi connectivity index (χ4v) is 4.79. The Kier molecular flexibility index (Phi) is 4.91. The highest BCUT2D eigenvalue weighted by molar-refractivity contribution is 7.89. The lowest BCUT2D eigenvalue weighted by Gasteiger charge is -2.15. The highest BCUT2D eigenvalue weighted by Crippen LogP contribution is 2.52. The topological polar surface area (TPSA) is 127 Å². The summed E-state index contributed by atoms with van der Waals surface area (Å²) >= 11 is 0. The van der Waals surface area contributed by atoms with Crippen molar-refractivity contribution in [3.63, 3.8) is 0 Å². The number of nitrogens with one attached hydrogen (secondary N) is 1. The van der Waals surface area contributed by atoms with Crippen molar-refractivity contribution in [2.75, 3.05) is 0 Å². The first-order chi connectivity index (χ1) is 14.2. The van der Waals surface area contributed by atoms with Gasteiger partial charge in [0.25, 0.3) is 0 Å². The second-order valence-electron chi connectivity index (χ2n) is 7.60. The number of sulfonamides is 1. The SMILES string of the molecule is CC(C)n1nnc(-c2ccc(S(=O)(=O)NC3(C(=O)O)CC3c3ccccc3)cc2)n1. The molecule has 4 rings (SSSR count). The smallest absolute Gasteiger partial charge is 0.325 e. The third-order valence-corrected chi connectivity index (χ3v) is 6.70. The zero-order valence-electron chi connectivity index (χ0n) is 16.4. The maximum Gasteiger partial charge on any atom is 0.325 e. The largest absolute Gasteiger partial charge is 0.480 e. The molecule has 156 valence electrons. The third-order valence-electron chi connectivity index (χ3n) is 5.17. The molecule has 0 bridgehead atoms. The van der Waals surface area contributed by atoms with Crippen molar-refractivity contribution in [1.29, 1.82) is 0 Å². The van der Waals surface area contributed by atoms with E-state index in [1.54, 1.807) is 36.4 Å². The summed E-state index contributed by atoms with van der Waals surface area (Å²) in [6.45, 7) is 3.84. The highest BCUT2D eigenvalue weighted by atomic mass is 32.2. The summed E-state index contributed by atoms with van der Waals surface area (Å²) in [6, 6.07) is 15.1. The van der Waals surface area contributed by atoms with E-state index >= 15 is 0 Å². The molecule has 2 atom stereocenters. The van der Waals surface area contributed by atoms with Gasteiger partial charge in [-0.25, -0.2) is 8.42 Å². The van der Waals surface area contributed by atoms with Crippen LogP contribution in [0.25, 0.3) is 11.4 Å². The quantitative estimate of drug-likeness (QED) is 0.592. The monoisotopic (exact) mass is 427 g/mol. The zero-order chi connectivity index (χ0) is 21.5. The van der Waals surface area contributed by atoms with Gasteiger partial charge < -0.3 is 5.11 Å². The second kappa shape index (κ2) is 7.29. The number of aromatic nitrogens is 4. The number of nitrogens with zero attached hydrogens (tertiary/aromatic N) is 4. The van der Waals surface area contributed by atoms with Crippen molar-refractivity contribution in [3.05, 3.63) is 60.2 Å². The standard InChI is InChI=1S/C20H21N5O4S/c1-13(2)25-22-18(21-24-25)15-8-10-16(11-9-15)30(28,29)23-20(19(26)27)12-17(20)14-6-4-3-5-7-14/h3-11,13,17,23H,12H2,1-2H3,(H,26,27). The average molecular weight is 427 g/mol. The molecule has 1 saturated carbocycles. The molecule has 1 aromatic heterocycles. The van der Waals surface area contributed by atoms with Crippen molar-refractivity contribution in [2.45, 2.75) is 42.7 Å². The number of carboxylic acids is 1. The third kappa shape index (κ3) is 3.59. The summed E-state index contributed by atoms with van der Waals surface area (Å²) in [7, 11) is -4.04. The van der Waals surface area contributed by atoms with E-state index in [1.165, 1.54) is 16.9 Å². The first kappa shape index (κ1) is 20.2. The maximum absolute atomic E-state index is 12.9. The molecule has 0 saturated heterocycles. The van der Waals surface area contributed by atoms with Gasteiger partial charge >= 0.3 is 5.97 Å². The van der Waals surface area contributed by atoms with Gasteiger partial charge in [-0.15, -0.1) is 10.2 Å². The number of aliphatic carboxylic acids is 1. The Balaban J connectivity index is 1.56. The van der Waals surface area contributed by atoms with Crippen LogP contribution >= 0.6 is 0 Å². The molecule has 1 heterocycles. The fraction of sp³-hybridized carbons (Fsp3) is 0.300. The second-order valence-corrected chi connectivity index (χ2v) is 9.28. The lowest BCUT2D eigenvalue weighted by Crippen LogP contribution is -2.44. The lowest BCUT2D eigenvalue weighted by atomic mass is 10.1. The normalized spacial score (nSPS) is 21.0. The van der Waals surface area contributed by atoms with E-state index in [1.807, 2.05) is 19.9 Å². The summed E-state index contributed by atoms with van der Waals surface area (Å²) in [5, 5.41) is 21.9. The molecule has 2 aromatic carbocycles. The van der Waals surface area contributed by atoms with Gasteiger partial charge in [0.2, 0.25) is 15.8 Å². The van der Waals surface area contributed by atoms with E-state index < -0.39 is 27.4 Å². The number of hydrogen-bond donors (Lipinski definition) is 2. The first-order valence-corrected chi connectivity index (χ1v) is 10.9. The van der Waals surface area contributed by atoms with E-state index in [4.69, 9.17) is 0 Å². The molecule has 1 fully saturated rings. The Hall–Kier alpha value is -3.11. The van der Waals surface area contributed by atoms with Crippen molar-refractivity contribution < 1.29 is 18.3 Å².